The lowest BCUT2D eigenvalue weighted by molar-refractivity contribution is 0.793. The minimum atomic E-state index is -0.527. The summed E-state index contributed by atoms with van der Waals surface area (Å²) < 4.78 is 0. The van der Waals surface area contributed by atoms with E-state index in [2.05, 4.69) is 313 Å². The van der Waals surface area contributed by atoms with E-state index in [0.29, 0.717) is 0 Å². The zero-order valence-electron chi connectivity index (χ0n) is 42.8. The van der Waals surface area contributed by atoms with Gasteiger partial charge in [-0.1, -0.05) is 218 Å². The lowest BCUT2D eigenvalue weighted by atomic mass is 9.70. The number of benzene rings is 12. The minimum Gasteiger partial charge on any atom is -0.310 e. The molecule has 0 aromatic heterocycles. The first-order valence-corrected chi connectivity index (χ1v) is 27.2. The van der Waals surface area contributed by atoms with Gasteiger partial charge in [0.25, 0.3) is 0 Å². The van der Waals surface area contributed by atoms with Crippen LogP contribution in [0.2, 0.25) is 0 Å². The number of para-hydroxylation sites is 4. The molecule has 0 fully saturated rings. The smallest absolute Gasteiger partial charge is 0.0726 e. The van der Waals surface area contributed by atoms with E-state index in [0.717, 1.165) is 34.1 Å². The van der Waals surface area contributed by atoms with E-state index in [4.69, 9.17) is 0 Å². The van der Waals surface area contributed by atoms with Crippen LogP contribution in [-0.4, -0.2) is 0 Å². The summed E-state index contributed by atoms with van der Waals surface area (Å²) in [7, 11) is 0. The summed E-state index contributed by atoms with van der Waals surface area (Å²) in [6.07, 6.45) is 4.68. The Morgan fingerprint density at radius 2 is 0.436 bits per heavy atom. The highest BCUT2D eigenvalue weighted by Crippen LogP contribution is 2.65. The van der Waals surface area contributed by atoms with Gasteiger partial charge in [0.15, 0.2) is 0 Å². The van der Waals surface area contributed by atoms with E-state index >= 15 is 0 Å². The fourth-order valence-electron chi connectivity index (χ4n) is 14.2. The van der Waals surface area contributed by atoms with Gasteiger partial charge in [0.05, 0.1) is 10.8 Å². The zero-order chi connectivity index (χ0) is 51.4. The van der Waals surface area contributed by atoms with E-state index in [-0.39, 0.29) is 0 Å². The highest BCUT2D eigenvalue weighted by Gasteiger charge is 2.53. The van der Waals surface area contributed by atoms with Crippen molar-refractivity contribution in [2.24, 2.45) is 0 Å². The van der Waals surface area contributed by atoms with Crippen molar-refractivity contribution in [3.8, 4) is 44.5 Å². The summed E-state index contributed by atoms with van der Waals surface area (Å²) >= 11 is 0. The third-order valence-corrected chi connectivity index (χ3v) is 17.2. The van der Waals surface area contributed by atoms with Crippen molar-refractivity contribution in [1.82, 2.24) is 0 Å². The summed E-state index contributed by atoms with van der Waals surface area (Å²) in [4.78, 5) is 4.78. The maximum Gasteiger partial charge on any atom is 0.0726 e. The Balaban J connectivity index is 0.852. The SMILES string of the molecule is C(=Cc1ccc2c(c1)C1(c3ccccc3-c3ccccc31)c1cc(N(c3ccccc3)c3ccccc3)ccc1-2)c1ccc2c(c1)C1(c3ccccc3-c3ccccc31)c1cc(N(c3ccccc3)c3ccccc3)ccc1-2. The molecule has 0 amide bonds. The van der Waals surface area contributed by atoms with Gasteiger partial charge in [0.2, 0.25) is 0 Å². The van der Waals surface area contributed by atoms with E-state index in [1.165, 1.54) is 100 Å². The van der Waals surface area contributed by atoms with E-state index in [9.17, 15) is 0 Å². The van der Waals surface area contributed by atoms with Crippen LogP contribution in [0.4, 0.5) is 34.1 Å². The van der Waals surface area contributed by atoms with Crippen LogP contribution in [0.5, 0.6) is 0 Å². The second kappa shape index (κ2) is 17.3. The molecule has 16 rings (SSSR count). The van der Waals surface area contributed by atoms with Gasteiger partial charge < -0.3 is 9.80 Å². The standard InChI is InChI=1S/C76H50N2/c1-5-21-53(22-6-1)77(54-23-7-2-8-24-54)57-41-45-65-63-43-39-51(47-71(63)75(73(65)49-57)67-33-17-13-29-59(67)60-30-14-18-34-68(60)75)37-38-52-40-44-64-66-46-42-58(78(55-25-9-3-10-26-55)56-27-11-4-12-28-56)50-74(66)76(72(64)48-52)69-35-19-15-31-61(69)62-32-16-20-36-70(62)76/h1-50H. The van der Waals surface area contributed by atoms with Crippen molar-refractivity contribution in [3.05, 3.63) is 347 Å². The molecule has 4 aliphatic rings. The average Bonchev–Trinajstić information content (AvgIpc) is 2.66. The third-order valence-electron chi connectivity index (χ3n) is 17.2. The molecule has 0 heterocycles. The molecule has 0 saturated carbocycles. The van der Waals surface area contributed by atoms with Crippen LogP contribution >= 0.6 is 0 Å². The Hall–Kier alpha value is -10.0. The quantitative estimate of drug-likeness (QED) is 0.140. The molecular weight excluding hydrogens is 941 g/mol. The Labute approximate surface area is 455 Å². The van der Waals surface area contributed by atoms with Gasteiger partial charge in [-0.15, -0.1) is 0 Å². The van der Waals surface area contributed by atoms with Gasteiger partial charge in [-0.25, -0.2) is 0 Å². The van der Waals surface area contributed by atoms with Crippen LogP contribution in [0.25, 0.3) is 56.7 Å². The van der Waals surface area contributed by atoms with Gasteiger partial charge in [-0.2, -0.15) is 0 Å². The molecule has 12 aromatic rings. The second-order valence-corrected chi connectivity index (χ2v) is 21.1. The van der Waals surface area contributed by atoms with Crippen LogP contribution in [0.3, 0.4) is 0 Å². The molecule has 0 unspecified atom stereocenters. The number of rotatable bonds is 8. The molecular formula is C76H50N2. The first-order valence-electron chi connectivity index (χ1n) is 27.2. The predicted octanol–water partition coefficient (Wildman–Crippen LogP) is 19.5. The summed E-state index contributed by atoms with van der Waals surface area (Å²) in [6, 6.07) is 108. The van der Waals surface area contributed by atoms with Crippen molar-refractivity contribution in [3.63, 3.8) is 0 Å². The van der Waals surface area contributed by atoms with Crippen LogP contribution in [-0.2, 0) is 10.8 Å². The summed E-state index contributed by atoms with van der Waals surface area (Å²) in [6.45, 7) is 0. The molecule has 2 nitrogen and oxygen atoms in total. The predicted molar refractivity (Wildman–Crippen MR) is 324 cm³/mol. The summed E-state index contributed by atoms with van der Waals surface area (Å²) in [5.74, 6) is 0. The molecule has 2 heteroatoms. The minimum absolute atomic E-state index is 0.527. The lowest BCUT2D eigenvalue weighted by Gasteiger charge is -2.32. The van der Waals surface area contributed by atoms with E-state index in [1.54, 1.807) is 0 Å². The Morgan fingerprint density at radius 3 is 0.744 bits per heavy atom. The summed E-state index contributed by atoms with van der Waals surface area (Å²) in [5.41, 5.74) is 28.9. The number of nitrogens with zero attached hydrogens (tertiary/aromatic N) is 2. The number of hydrogen-bond donors (Lipinski definition) is 0. The molecule has 0 radical (unpaired) electrons. The molecule has 364 valence electrons. The molecule has 12 aromatic carbocycles. The molecule has 78 heavy (non-hydrogen) atoms. The average molecular weight is 991 g/mol. The van der Waals surface area contributed by atoms with E-state index < -0.39 is 10.8 Å². The molecule has 0 aliphatic heterocycles. The van der Waals surface area contributed by atoms with Crippen molar-refractivity contribution in [2.75, 3.05) is 9.80 Å². The van der Waals surface area contributed by atoms with Crippen LogP contribution in [0, 0.1) is 0 Å². The van der Waals surface area contributed by atoms with E-state index in [1.807, 2.05) is 0 Å². The molecule has 0 saturated heterocycles. The highest BCUT2D eigenvalue weighted by molar-refractivity contribution is 5.99. The number of hydrogen-bond acceptors (Lipinski definition) is 2. The van der Waals surface area contributed by atoms with Gasteiger partial charge in [0, 0.05) is 34.1 Å². The fourth-order valence-corrected chi connectivity index (χ4v) is 14.2. The summed E-state index contributed by atoms with van der Waals surface area (Å²) in [5, 5.41) is 0. The Kier molecular flexibility index (Phi) is 9.80. The first-order chi connectivity index (χ1) is 38.7. The van der Waals surface area contributed by atoms with Crippen molar-refractivity contribution in [2.45, 2.75) is 10.8 Å². The van der Waals surface area contributed by atoms with Gasteiger partial charge in [-0.3, -0.25) is 0 Å². The fraction of sp³-hybridized carbons (Fsp3) is 0.0263. The lowest BCUT2D eigenvalue weighted by Crippen LogP contribution is -2.26. The Bertz CT molecular complexity index is 3930. The molecule has 4 aliphatic carbocycles. The van der Waals surface area contributed by atoms with Crippen LogP contribution in [0.1, 0.15) is 55.6 Å². The van der Waals surface area contributed by atoms with Gasteiger partial charge in [-0.05, 0) is 185 Å². The second-order valence-electron chi connectivity index (χ2n) is 21.1. The topological polar surface area (TPSA) is 6.48 Å². The first kappa shape index (κ1) is 44.3. The normalized spacial score (nSPS) is 13.8. The van der Waals surface area contributed by atoms with Crippen LogP contribution in [0.15, 0.2) is 291 Å². The van der Waals surface area contributed by atoms with Crippen molar-refractivity contribution in [1.29, 1.82) is 0 Å². The zero-order valence-corrected chi connectivity index (χ0v) is 42.8. The largest absolute Gasteiger partial charge is 0.310 e. The highest BCUT2D eigenvalue weighted by atomic mass is 15.1. The molecule has 0 bridgehead atoms. The third kappa shape index (κ3) is 6.26. The maximum atomic E-state index is 2.48. The number of fused-ring (bicyclic) bond motifs is 20. The molecule has 0 N–H and O–H groups in total. The monoisotopic (exact) mass is 990 g/mol. The van der Waals surface area contributed by atoms with Crippen molar-refractivity contribution < 1.29 is 0 Å². The Morgan fingerprint density at radius 1 is 0.192 bits per heavy atom. The molecule has 0 atom stereocenters. The van der Waals surface area contributed by atoms with Gasteiger partial charge in [0.1, 0.15) is 0 Å². The van der Waals surface area contributed by atoms with Gasteiger partial charge >= 0.3 is 0 Å². The van der Waals surface area contributed by atoms with Crippen molar-refractivity contribution >= 4 is 46.3 Å². The van der Waals surface area contributed by atoms with Crippen LogP contribution < -0.4 is 9.80 Å². The maximum absolute atomic E-state index is 2.48. The molecule has 2 spiro atoms. The number of anilines is 6.